The van der Waals surface area contributed by atoms with E-state index in [1.54, 1.807) is 24.3 Å². The minimum Gasteiger partial charge on any atom is -0.438 e. The molecule has 0 unspecified atom stereocenters. The number of nitrogens with zero attached hydrogens (tertiary/aromatic N) is 1. The fourth-order valence-electron chi connectivity index (χ4n) is 4.71. The van der Waals surface area contributed by atoms with Crippen LogP contribution in [0.1, 0.15) is 46.1 Å². The summed E-state index contributed by atoms with van der Waals surface area (Å²) in [6.07, 6.45) is -1.52. The number of hydrogen-bond acceptors (Lipinski definition) is 4. The van der Waals surface area contributed by atoms with Gasteiger partial charge in [0.15, 0.2) is 12.1 Å². The fourth-order valence-corrected chi connectivity index (χ4v) is 4.71. The predicted octanol–water partition coefficient (Wildman–Crippen LogP) is 6.02. The first-order valence-electron chi connectivity index (χ1n) is 12.9. The Morgan fingerprint density at radius 2 is 1.57 bits per heavy atom. The third kappa shape index (κ3) is 6.02. The van der Waals surface area contributed by atoms with Crippen LogP contribution in [0.25, 0.3) is 0 Å². The summed E-state index contributed by atoms with van der Waals surface area (Å²) in [6.45, 7) is 2.07. The normalized spacial score (nSPS) is 17.1. The molecule has 2 N–H and O–H groups in total. The molecule has 1 aliphatic rings. The summed E-state index contributed by atoms with van der Waals surface area (Å²) in [7, 11) is 0. The molecule has 7 nitrogen and oxygen atoms in total. The van der Waals surface area contributed by atoms with Crippen LogP contribution in [-0.4, -0.2) is 28.8 Å². The van der Waals surface area contributed by atoms with Crippen molar-refractivity contribution in [3.8, 4) is 0 Å². The SMILES string of the molecule is C[C@H](NC(=O)[C@@H]1[C@@H](c2cccc(NC(=O)c3ccc(F)cc3)c2)OC(=O)N1Cc1ccccc1)c1ccccc1. The molecule has 8 heteroatoms. The summed E-state index contributed by atoms with van der Waals surface area (Å²) < 4.78 is 19.1. The molecule has 5 rings (SSSR count). The molecule has 40 heavy (non-hydrogen) atoms. The Kier molecular flexibility index (Phi) is 7.87. The number of carbonyl (C=O) groups is 3. The van der Waals surface area contributed by atoms with Crippen molar-refractivity contribution < 1.29 is 23.5 Å². The van der Waals surface area contributed by atoms with Gasteiger partial charge in [0.25, 0.3) is 5.91 Å². The average Bonchev–Trinajstić information content (AvgIpc) is 3.30. The van der Waals surface area contributed by atoms with Crippen molar-refractivity contribution in [2.75, 3.05) is 5.32 Å². The van der Waals surface area contributed by atoms with Gasteiger partial charge in [0.1, 0.15) is 5.82 Å². The Bertz CT molecular complexity index is 1500. The molecule has 0 saturated carbocycles. The smallest absolute Gasteiger partial charge is 0.411 e. The van der Waals surface area contributed by atoms with E-state index in [0.717, 1.165) is 11.1 Å². The summed E-state index contributed by atoms with van der Waals surface area (Å²) in [5.41, 5.74) is 3.07. The number of anilines is 1. The number of benzene rings is 4. The van der Waals surface area contributed by atoms with E-state index in [1.807, 2.05) is 67.6 Å². The third-order valence-corrected chi connectivity index (χ3v) is 6.79. The van der Waals surface area contributed by atoms with Gasteiger partial charge in [-0.1, -0.05) is 72.8 Å². The first-order chi connectivity index (χ1) is 19.4. The van der Waals surface area contributed by atoms with Crippen LogP contribution >= 0.6 is 0 Å². The van der Waals surface area contributed by atoms with Crippen molar-refractivity contribution in [2.45, 2.75) is 31.7 Å². The Morgan fingerprint density at radius 1 is 0.900 bits per heavy atom. The van der Waals surface area contributed by atoms with Gasteiger partial charge < -0.3 is 15.4 Å². The van der Waals surface area contributed by atoms with Crippen LogP contribution in [0.3, 0.4) is 0 Å². The molecule has 0 aromatic heterocycles. The Morgan fingerprint density at radius 3 is 2.27 bits per heavy atom. The van der Waals surface area contributed by atoms with Crippen molar-refractivity contribution in [1.82, 2.24) is 10.2 Å². The molecule has 1 aliphatic heterocycles. The minimum absolute atomic E-state index is 0.189. The first kappa shape index (κ1) is 26.6. The van der Waals surface area contributed by atoms with Crippen LogP contribution in [0, 0.1) is 5.82 Å². The second kappa shape index (κ2) is 11.8. The molecule has 4 aromatic rings. The van der Waals surface area contributed by atoms with Crippen LogP contribution in [-0.2, 0) is 16.1 Å². The topological polar surface area (TPSA) is 87.7 Å². The quantitative estimate of drug-likeness (QED) is 0.288. The Balaban J connectivity index is 1.42. The summed E-state index contributed by atoms with van der Waals surface area (Å²) in [5, 5.41) is 5.82. The summed E-state index contributed by atoms with van der Waals surface area (Å²) in [4.78, 5) is 41.0. The lowest BCUT2D eigenvalue weighted by atomic mass is 9.99. The highest BCUT2D eigenvalue weighted by molar-refractivity contribution is 6.04. The van der Waals surface area contributed by atoms with E-state index in [-0.39, 0.29) is 18.5 Å². The van der Waals surface area contributed by atoms with Crippen molar-refractivity contribution in [1.29, 1.82) is 0 Å². The lowest BCUT2D eigenvalue weighted by Gasteiger charge is -2.26. The maximum Gasteiger partial charge on any atom is 0.411 e. The lowest BCUT2D eigenvalue weighted by Crippen LogP contribution is -2.46. The zero-order valence-electron chi connectivity index (χ0n) is 21.8. The third-order valence-electron chi connectivity index (χ3n) is 6.79. The maximum absolute atomic E-state index is 13.7. The van der Waals surface area contributed by atoms with Gasteiger partial charge in [-0.15, -0.1) is 0 Å². The molecule has 1 fully saturated rings. The molecular weight excluding hydrogens is 509 g/mol. The number of hydrogen-bond donors (Lipinski definition) is 2. The first-order valence-corrected chi connectivity index (χ1v) is 12.9. The Hall–Kier alpha value is -4.98. The molecule has 1 heterocycles. The van der Waals surface area contributed by atoms with Crippen molar-refractivity contribution in [2.24, 2.45) is 0 Å². The van der Waals surface area contributed by atoms with E-state index in [1.165, 1.54) is 29.2 Å². The van der Waals surface area contributed by atoms with Gasteiger partial charge in [-0.25, -0.2) is 9.18 Å². The molecule has 3 amide bonds. The van der Waals surface area contributed by atoms with Gasteiger partial charge >= 0.3 is 6.09 Å². The van der Waals surface area contributed by atoms with Gasteiger partial charge in [-0.3, -0.25) is 14.5 Å². The second-order valence-corrected chi connectivity index (χ2v) is 9.59. The molecule has 1 saturated heterocycles. The summed E-state index contributed by atoms with van der Waals surface area (Å²) in [5.74, 6) is -1.21. The van der Waals surface area contributed by atoms with E-state index in [9.17, 15) is 18.8 Å². The fraction of sp³-hybridized carbons (Fsp3) is 0.156. The number of halogens is 1. The van der Waals surface area contributed by atoms with Crippen molar-refractivity contribution in [3.63, 3.8) is 0 Å². The number of amides is 3. The molecule has 0 aliphatic carbocycles. The highest BCUT2D eigenvalue weighted by Crippen LogP contribution is 2.35. The van der Waals surface area contributed by atoms with E-state index in [4.69, 9.17) is 4.74 Å². The zero-order valence-corrected chi connectivity index (χ0v) is 21.8. The predicted molar refractivity (Wildman–Crippen MR) is 149 cm³/mol. The van der Waals surface area contributed by atoms with E-state index >= 15 is 0 Å². The van der Waals surface area contributed by atoms with Gasteiger partial charge in [-0.05, 0) is 60.0 Å². The summed E-state index contributed by atoms with van der Waals surface area (Å²) >= 11 is 0. The molecule has 0 radical (unpaired) electrons. The highest BCUT2D eigenvalue weighted by atomic mass is 19.1. The molecule has 0 bridgehead atoms. The van der Waals surface area contributed by atoms with Gasteiger partial charge in [-0.2, -0.15) is 0 Å². The van der Waals surface area contributed by atoms with Gasteiger partial charge in [0.2, 0.25) is 5.91 Å². The molecule has 4 aromatic carbocycles. The van der Waals surface area contributed by atoms with Crippen LogP contribution in [0.15, 0.2) is 109 Å². The number of cyclic esters (lactones) is 1. The Labute approximate surface area is 231 Å². The number of ether oxygens (including phenoxy) is 1. The minimum atomic E-state index is -0.957. The van der Waals surface area contributed by atoms with E-state index < -0.39 is 30.0 Å². The standard InChI is InChI=1S/C32H28FN3O4/c1-21(23-11-6-3-7-12-23)34-31(38)28-29(40-32(39)36(28)20-22-9-4-2-5-10-22)25-13-8-14-27(19-25)35-30(37)24-15-17-26(33)18-16-24/h2-19,21,28-29H,20H2,1H3,(H,34,38)(H,35,37)/t21-,28-,29+/m0/s1. The molecule has 0 spiro atoms. The molecular formula is C32H28FN3O4. The lowest BCUT2D eigenvalue weighted by molar-refractivity contribution is -0.127. The van der Waals surface area contributed by atoms with Crippen molar-refractivity contribution >= 4 is 23.6 Å². The monoisotopic (exact) mass is 537 g/mol. The van der Waals surface area contributed by atoms with Crippen LogP contribution in [0.5, 0.6) is 0 Å². The van der Waals surface area contributed by atoms with Gasteiger partial charge in [0, 0.05) is 11.3 Å². The van der Waals surface area contributed by atoms with E-state index in [0.29, 0.717) is 16.8 Å². The van der Waals surface area contributed by atoms with E-state index in [2.05, 4.69) is 10.6 Å². The second-order valence-electron chi connectivity index (χ2n) is 9.59. The van der Waals surface area contributed by atoms with Gasteiger partial charge in [0.05, 0.1) is 12.6 Å². The largest absolute Gasteiger partial charge is 0.438 e. The zero-order chi connectivity index (χ0) is 28.1. The summed E-state index contributed by atoms with van der Waals surface area (Å²) in [6, 6.07) is 29.7. The molecule has 202 valence electrons. The van der Waals surface area contributed by atoms with Crippen LogP contribution < -0.4 is 10.6 Å². The number of carbonyl (C=O) groups excluding carboxylic acids is 3. The number of rotatable bonds is 8. The highest BCUT2D eigenvalue weighted by Gasteiger charge is 2.47. The van der Waals surface area contributed by atoms with Crippen LogP contribution in [0.4, 0.5) is 14.9 Å². The van der Waals surface area contributed by atoms with Crippen molar-refractivity contribution in [3.05, 3.63) is 137 Å². The number of nitrogens with one attached hydrogen (secondary N) is 2. The molecule has 3 atom stereocenters. The van der Waals surface area contributed by atoms with Crippen LogP contribution in [0.2, 0.25) is 0 Å². The maximum atomic E-state index is 13.7. The average molecular weight is 538 g/mol.